The Hall–Kier alpha value is -2.38. The van der Waals surface area contributed by atoms with Crippen LogP contribution in [0.1, 0.15) is 35.1 Å². The fraction of sp³-hybridized carbons (Fsp3) is 0.381. The Morgan fingerprint density at radius 1 is 1.28 bits per heavy atom. The molecule has 0 unspecified atom stereocenters. The predicted octanol–water partition coefficient (Wildman–Crippen LogP) is 4.46. The molecule has 0 radical (unpaired) electrons. The van der Waals surface area contributed by atoms with Crippen LogP contribution in [0.15, 0.2) is 30.3 Å². The molecule has 2 aromatic heterocycles. The van der Waals surface area contributed by atoms with Crippen molar-refractivity contribution in [3.63, 3.8) is 0 Å². The number of ether oxygens (including phenoxy) is 1. The molecule has 1 aliphatic rings. The van der Waals surface area contributed by atoms with Gasteiger partial charge in [-0.25, -0.2) is 4.68 Å². The van der Waals surface area contributed by atoms with Crippen LogP contribution in [0, 0.1) is 12.8 Å². The lowest BCUT2D eigenvalue weighted by molar-refractivity contribution is -0.149. The number of esters is 1. The summed E-state index contributed by atoms with van der Waals surface area (Å²) in [5.74, 6) is -0.270. The third-order valence-electron chi connectivity index (χ3n) is 5.24. The van der Waals surface area contributed by atoms with Gasteiger partial charge in [0.25, 0.3) is 5.91 Å². The topological polar surface area (TPSA) is 64.4 Å². The van der Waals surface area contributed by atoms with Gasteiger partial charge < -0.3 is 9.64 Å². The number of rotatable bonds is 4. The number of carbonyl (C=O) groups excluding carboxylic acids is 2. The molecule has 152 valence electrons. The summed E-state index contributed by atoms with van der Waals surface area (Å²) in [7, 11) is 0. The Labute approximate surface area is 178 Å². The number of amides is 1. The lowest BCUT2D eigenvalue weighted by atomic mass is 9.97. The van der Waals surface area contributed by atoms with E-state index in [0.717, 1.165) is 21.6 Å². The number of nitrogens with zero attached hydrogens (tertiary/aromatic N) is 3. The number of halogens is 1. The number of aromatic nitrogens is 2. The van der Waals surface area contributed by atoms with E-state index >= 15 is 0 Å². The number of fused-ring (bicyclic) bond motifs is 1. The Balaban J connectivity index is 1.56. The lowest BCUT2D eigenvalue weighted by Crippen LogP contribution is -2.40. The summed E-state index contributed by atoms with van der Waals surface area (Å²) >= 11 is 7.78. The molecule has 3 heterocycles. The van der Waals surface area contributed by atoms with Gasteiger partial charge in [0.15, 0.2) is 0 Å². The molecule has 1 aliphatic heterocycles. The first kappa shape index (κ1) is 19.9. The number of carbonyl (C=O) groups is 2. The second-order valence-corrected chi connectivity index (χ2v) is 8.53. The van der Waals surface area contributed by atoms with Crippen LogP contribution in [0.2, 0.25) is 5.02 Å². The summed E-state index contributed by atoms with van der Waals surface area (Å²) in [5, 5.41) is 6.18. The van der Waals surface area contributed by atoms with Crippen molar-refractivity contribution in [1.29, 1.82) is 0 Å². The molecule has 0 spiro atoms. The van der Waals surface area contributed by atoms with E-state index in [1.54, 1.807) is 4.68 Å². The van der Waals surface area contributed by atoms with E-state index in [4.69, 9.17) is 16.3 Å². The quantitative estimate of drug-likeness (QED) is 0.572. The fourth-order valence-electron chi connectivity index (χ4n) is 3.67. The molecular weight excluding hydrogens is 410 g/mol. The van der Waals surface area contributed by atoms with Gasteiger partial charge in [-0.15, -0.1) is 11.3 Å². The van der Waals surface area contributed by atoms with Crippen molar-refractivity contribution in [3.05, 3.63) is 45.9 Å². The molecule has 1 amide bonds. The van der Waals surface area contributed by atoms with Crippen molar-refractivity contribution in [2.45, 2.75) is 26.7 Å². The molecule has 29 heavy (non-hydrogen) atoms. The van der Waals surface area contributed by atoms with Gasteiger partial charge in [-0.05, 0) is 44.9 Å². The molecule has 1 saturated heterocycles. The number of likely N-dealkylation sites (tertiary alicyclic amines) is 1. The first-order chi connectivity index (χ1) is 14.0. The number of hydrogen-bond acceptors (Lipinski definition) is 5. The van der Waals surface area contributed by atoms with Crippen LogP contribution in [0.25, 0.3) is 15.9 Å². The molecule has 3 aromatic rings. The first-order valence-electron chi connectivity index (χ1n) is 9.69. The van der Waals surface area contributed by atoms with Gasteiger partial charge in [-0.3, -0.25) is 9.59 Å². The second-order valence-electron chi connectivity index (χ2n) is 7.10. The van der Waals surface area contributed by atoms with E-state index in [0.29, 0.717) is 42.4 Å². The number of benzene rings is 1. The van der Waals surface area contributed by atoms with Crippen LogP contribution in [-0.4, -0.2) is 46.3 Å². The highest BCUT2D eigenvalue weighted by atomic mass is 35.5. The average molecular weight is 432 g/mol. The summed E-state index contributed by atoms with van der Waals surface area (Å²) < 4.78 is 6.92. The molecule has 1 fully saturated rings. The zero-order valence-electron chi connectivity index (χ0n) is 16.4. The maximum absolute atomic E-state index is 13.1. The summed E-state index contributed by atoms with van der Waals surface area (Å²) in [6.45, 7) is 5.26. The van der Waals surface area contributed by atoms with Gasteiger partial charge in [-0.2, -0.15) is 5.10 Å². The molecule has 1 aromatic carbocycles. The van der Waals surface area contributed by atoms with Gasteiger partial charge in [0.2, 0.25) is 0 Å². The number of piperidine rings is 1. The molecule has 0 atom stereocenters. The highest BCUT2D eigenvalue weighted by molar-refractivity contribution is 7.20. The maximum atomic E-state index is 13.1. The minimum atomic E-state index is -0.156. The van der Waals surface area contributed by atoms with Gasteiger partial charge in [0.1, 0.15) is 4.83 Å². The fourth-order valence-corrected chi connectivity index (χ4v) is 5.03. The minimum Gasteiger partial charge on any atom is -0.466 e. The second kappa shape index (κ2) is 8.16. The van der Waals surface area contributed by atoms with Gasteiger partial charge >= 0.3 is 5.97 Å². The molecular formula is C21H22ClN3O3S. The van der Waals surface area contributed by atoms with E-state index in [-0.39, 0.29) is 17.8 Å². The van der Waals surface area contributed by atoms with Crippen LogP contribution in [-0.2, 0) is 9.53 Å². The van der Waals surface area contributed by atoms with Crippen molar-refractivity contribution in [2.75, 3.05) is 19.7 Å². The van der Waals surface area contributed by atoms with Crippen LogP contribution in [0.3, 0.4) is 0 Å². The Bertz CT molecular complexity index is 1070. The van der Waals surface area contributed by atoms with Crippen LogP contribution < -0.4 is 0 Å². The SMILES string of the molecule is CCOC(=O)C1CCN(C(=O)c2cc3c(C)nn(-c4ccccc4Cl)c3s2)CC1. The molecule has 0 aliphatic carbocycles. The van der Waals surface area contributed by atoms with Crippen molar-refractivity contribution in [1.82, 2.24) is 14.7 Å². The summed E-state index contributed by atoms with van der Waals surface area (Å²) in [6.07, 6.45) is 1.28. The Morgan fingerprint density at radius 3 is 2.69 bits per heavy atom. The third-order valence-corrected chi connectivity index (χ3v) is 6.66. The average Bonchev–Trinajstić information content (AvgIpc) is 3.29. The standard InChI is InChI=1S/C21H22ClN3O3S/c1-3-28-21(27)14-8-10-24(11-9-14)19(26)18-12-15-13(2)23-25(20(15)29-18)17-7-5-4-6-16(17)22/h4-7,12,14H,3,8-11H2,1-2H3. The summed E-state index contributed by atoms with van der Waals surface area (Å²) in [5.41, 5.74) is 1.65. The van der Waals surface area contributed by atoms with Crippen molar-refractivity contribution in [2.24, 2.45) is 5.92 Å². The minimum absolute atomic E-state index is 0.00128. The van der Waals surface area contributed by atoms with E-state index in [9.17, 15) is 9.59 Å². The van der Waals surface area contributed by atoms with Crippen molar-refractivity contribution < 1.29 is 14.3 Å². The summed E-state index contributed by atoms with van der Waals surface area (Å²) in [4.78, 5) is 28.4. The molecule has 4 rings (SSSR count). The predicted molar refractivity (Wildman–Crippen MR) is 114 cm³/mol. The molecule has 0 saturated carbocycles. The van der Waals surface area contributed by atoms with Gasteiger partial charge in [0, 0.05) is 18.5 Å². The highest BCUT2D eigenvalue weighted by Gasteiger charge is 2.30. The van der Waals surface area contributed by atoms with E-state index in [1.165, 1.54) is 11.3 Å². The molecule has 6 nitrogen and oxygen atoms in total. The molecule has 0 bridgehead atoms. The van der Waals surface area contributed by atoms with Crippen LogP contribution in [0.5, 0.6) is 0 Å². The molecule has 0 N–H and O–H groups in total. The van der Waals surface area contributed by atoms with E-state index in [2.05, 4.69) is 5.10 Å². The zero-order chi connectivity index (χ0) is 20.5. The lowest BCUT2D eigenvalue weighted by Gasteiger charge is -2.30. The normalized spacial score (nSPS) is 15.1. The number of hydrogen-bond donors (Lipinski definition) is 0. The maximum Gasteiger partial charge on any atom is 0.309 e. The highest BCUT2D eigenvalue weighted by Crippen LogP contribution is 2.33. The number of aryl methyl sites for hydroxylation is 1. The summed E-state index contributed by atoms with van der Waals surface area (Å²) in [6, 6.07) is 9.44. The van der Waals surface area contributed by atoms with E-state index < -0.39 is 0 Å². The zero-order valence-corrected chi connectivity index (χ0v) is 17.9. The largest absolute Gasteiger partial charge is 0.466 e. The number of thiophene rings is 1. The van der Waals surface area contributed by atoms with Crippen molar-refractivity contribution in [3.8, 4) is 5.69 Å². The van der Waals surface area contributed by atoms with E-state index in [1.807, 2.05) is 49.1 Å². The third kappa shape index (κ3) is 3.76. The Kier molecular flexibility index (Phi) is 5.61. The number of para-hydroxylation sites is 1. The monoisotopic (exact) mass is 431 g/mol. The van der Waals surface area contributed by atoms with Gasteiger partial charge in [-0.1, -0.05) is 23.7 Å². The Morgan fingerprint density at radius 2 is 2.00 bits per heavy atom. The molecule has 8 heteroatoms. The van der Waals surface area contributed by atoms with Crippen molar-refractivity contribution >= 4 is 45.0 Å². The smallest absolute Gasteiger partial charge is 0.309 e. The first-order valence-corrected chi connectivity index (χ1v) is 10.9. The van der Waals surface area contributed by atoms with Gasteiger partial charge in [0.05, 0.1) is 33.8 Å². The van der Waals surface area contributed by atoms with Crippen LogP contribution >= 0.6 is 22.9 Å². The van der Waals surface area contributed by atoms with Crippen LogP contribution in [0.4, 0.5) is 0 Å².